The second-order valence-corrected chi connectivity index (χ2v) is 18.1. The lowest BCUT2D eigenvalue weighted by Gasteiger charge is -2.25. The summed E-state index contributed by atoms with van der Waals surface area (Å²) in [6, 6.07) is 25.7. The highest BCUT2D eigenvalue weighted by Crippen LogP contribution is 2.35. The van der Waals surface area contributed by atoms with E-state index in [0.29, 0.717) is 5.56 Å². The number of benzene rings is 8. The minimum atomic E-state index is -0.141. The molecule has 0 saturated carbocycles. The van der Waals surface area contributed by atoms with E-state index in [9.17, 15) is 0 Å². The summed E-state index contributed by atoms with van der Waals surface area (Å²) in [7, 11) is 127. The van der Waals surface area contributed by atoms with Gasteiger partial charge >= 0.3 is 0 Å². The Kier molecular flexibility index (Phi) is 12.5. The maximum atomic E-state index is 7.15. The molecule has 0 amide bonds. The molecule has 11 rings (SSSR count). The molecule has 75 heavy (non-hydrogen) atoms. The zero-order chi connectivity index (χ0) is 53.5. The standard InChI is InChI=1S/C51H13B19N4O/c52-25-21-22-27(54)31(58)37(64)43(70)48(22)75-47(21)42(69)29(56)24(25)51-72-49(16-11-9-15(10-12-16)18-8-4-7-17(13-18)14-5-2-1-3-6-14)71-50(73-51)23-19-20-26(53)30(57)34(61)39(66)45(20)74(44(19)38(65)32(59)28(23)55)46-40(67)35(62)33(60)36(63)41(46)68/h1-13H. The first-order valence-corrected chi connectivity index (χ1v) is 22.7. The van der Waals surface area contributed by atoms with Crippen molar-refractivity contribution >= 4 is 297 Å². The van der Waals surface area contributed by atoms with Crippen LogP contribution in [0.1, 0.15) is 0 Å². The van der Waals surface area contributed by atoms with E-state index < -0.39 is 0 Å². The highest BCUT2D eigenvalue weighted by Gasteiger charge is 2.30. The van der Waals surface area contributed by atoms with Gasteiger partial charge in [-0.2, -0.15) is 0 Å². The zero-order valence-corrected chi connectivity index (χ0v) is 39.7. The van der Waals surface area contributed by atoms with Gasteiger partial charge in [0.15, 0.2) is 17.5 Å². The topological polar surface area (TPSA) is 56.7 Å². The fourth-order valence-corrected chi connectivity index (χ4v) is 9.90. The molecule has 0 aliphatic rings. The Hall–Kier alpha value is -6.40. The first kappa shape index (κ1) is 50.7. The number of rotatable bonds is 6. The van der Waals surface area contributed by atoms with Crippen molar-refractivity contribution in [2.75, 3.05) is 0 Å². The summed E-state index contributed by atoms with van der Waals surface area (Å²) >= 11 is 0. The minimum Gasteiger partial charge on any atom is -0.457 e. The van der Waals surface area contributed by atoms with Crippen LogP contribution < -0.4 is 104 Å². The molecular weight excluding hydrogens is 890 g/mol. The van der Waals surface area contributed by atoms with Gasteiger partial charge in [-0.25, -0.2) is 15.0 Å². The van der Waals surface area contributed by atoms with Crippen molar-refractivity contribution in [3.63, 3.8) is 0 Å². The van der Waals surface area contributed by atoms with E-state index >= 15 is 0 Å². The summed E-state index contributed by atoms with van der Waals surface area (Å²) in [5.74, 6) is -0.146. The monoisotopic (exact) mass is 906 g/mol. The minimum absolute atomic E-state index is 0.000340. The van der Waals surface area contributed by atoms with Crippen LogP contribution in [0.3, 0.4) is 0 Å². The molecule has 0 N–H and O–H groups in total. The number of nitrogens with zero attached hydrogens (tertiary/aromatic N) is 4. The largest absolute Gasteiger partial charge is 0.457 e. The molecule has 3 heterocycles. The highest BCUT2D eigenvalue weighted by molar-refractivity contribution is 6.72. The number of fused-ring (bicyclic) bond motifs is 6. The Balaban J connectivity index is 1.26. The first-order valence-electron chi connectivity index (χ1n) is 22.7. The summed E-state index contributed by atoms with van der Waals surface area (Å²) in [5.41, 5.74) is 3.50. The summed E-state index contributed by atoms with van der Waals surface area (Å²) in [6.45, 7) is 0. The lowest BCUT2D eigenvalue weighted by Crippen LogP contribution is -2.56. The van der Waals surface area contributed by atoms with Crippen molar-refractivity contribution in [1.82, 2.24) is 19.5 Å². The third-order valence-corrected chi connectivity index (χ3v) is 14.0. The lowest BCUT2D eigenvalue weighted by molar-refractivity contribution is 0.675. The highest BCUT2D eigenvalue weighted by atomic mass is 16.3. The van der Waals surface area contributed by atoms with Crippen molar-refractivity contribution < 1.29 is 4.42 Å². The quantitative estimate of drug-likeness (QED) is 0.156. The van der Waals surface area contributed by atoms with Crippen LogP contribution in [-0.2, 0) is 0 Å². The molecule has 24 heteroatoms. The number of furan rings is 1. The van der Waals surface area contributed by atoms with E-state index in [0.717, 1.165) is 22.3 Å². The number of hydrogen-bond acceptors (Lipinski definition) is 4. The summed E-state index contributed by atoms with van der Waals surface area (Å²) in [4.78, 5) is 15.2. The molecule has 0 atom stereocenters. The Morgan fingerprint density at radius 2 is 0.667 bits per heavy atom. The third-order valence-electron chi connectivity index (χ3n) is 14.0. The van der Waals surface area contributed by atoms with Crippen molar-refractivity contribution in [1.29, 1.82) is 0 Å². The van der Waals surface area contributed by atoms with Crippen LogP contribution >= 0.6 is 0 Å². The number of hydrogen-bond donors (Lipinski definition) is 0. The summed E-state index contributed by atoms with van der Waals surface area (Å²) in [6.07, 6.45) is 0. The first-order chi connectivity index (χ1) is 35.7. The van der Waals surface area contributed by atoms with E-state index in [2.05, 4.69) is 6.07 Å². The van der Waals surface area contributed by atoms with E-state index in [1.165, 1.54) is 4.57 Å². The van der Waals surface area contributed by atoms with Gasteiger partial charge in [-0.3, -0.25) is 0 Å². The molecule has 300 valence electrons. The van der Waals surface area contributed by atoms with Crippen molar-refractivity contribution in [2.45, 2.75) is 0 Å². The van der Waals surface area contributed by atoms with Gasteiger partial charge in [-0.1, -0.05) is 133 Å². The maximum Gasteiger partial charge on any atom is 0.164 e. The van der Waals surface area contributed by atoms with Crippen LogP contribution in [0.15, 0.2) is 83.3 Å². The third kappa shape index (κ3) is 7.45. The van der Waals surface area contributed by atoms with Crippen molar-refractivity contribution in [3.8, 4) is 62.1 Å². The average Bonchev–Trinajstić information content (AvgIpc) is 3.99. The van der Waals surface area contributed by atoms with Crippen LogP contribution in [0.4, 0.5) is 0 Å². The molecule has 5 nitrogen and oxygen atoms in total. The molecule has 0 aliphatic carbocycles. The molecule has 0 unspecified atom stereocenters. The van der Waals surface area contributed by atoms with Crippen molar-refractivity contribution in [3.05, 3.63) is 78.9 Å². The van der Waals surface area contributed by atoms with Crippen molar-refractivity contribution in [2.24, 2.45) is 0 Å². The van der Waals surface area contributed by atoms with Gasteiger partial charge in [0.2, 0.25) is 0 Å². The van der Waals surface area contributed by atoms with Gasteiger partial charge < -0.3 is 8.98 Å². The SMILES string of the molecule is [B]c1c([B])c([B])c(-n2c3c([B])c([B])c([B])c([B])c3c3c(-c4nc(-c5ccc(-c6cccc(-c7ccccc7)c6)cc5)nc(-c5c([B])c([B])c6oc7c([B])c([B])c([B])c([B])c7c6c5[B])n4)c([B])c([B])c([B])c32)c([B])c1[B]. The predicted octanol–water partition coefficient (Wildman–Crippen LogP) is -9.71. The van der Waals surface area contributed by atoms with Gasteiger partial charge in [-0.05, 0) is 28.3 Å². The molecule has 0 spiro atoms. The molecule has 38 radical (unpaired) electrons. The van der Waals surface area contributed by atoms with Crippen LogP contribution in [0.2, 0.25) is 0 Å². The predicted molar refractivity (Wildman–Crippen MR) is 331 cm³/mol. The second kappa shape index (κ2) is 18.4. The zero-order valence-electron chi connectivity index (χ0n) is 39.7. The van der Waals surface area contributed by atoms with E-state index in [4.69, 9.17) is 168 Å². The molecule has 0 aliphatic heterocycles. The fourth-order valence-electron chi connectivity index (χ4n) is 9.90. The van der Waals surface area contributed by atoms with E-state index in [1.54, 1.807) is 0 Å². The molecular formula is C51H13B19N4O. The Morgan fingerprint density at radius 3 is 1.25 bits per heavy atom. The Morgan fingerprint density at radius 1 is 0.280 bits per heavy atom. The van der Waals surface area contributed by atoms with Crippen LogP contribution in [0.5, 0.6) is 0 Å². The second-order valence-electron chi connectivity index (χ2n) is 18.1. The van der Waals surface area contributed by atoms with Gasteiger partial charge in [0.1, 0.15) is 160 Å². The van der Waals surface area contributed by atoms with Gasteiger partial charge in [-0.15, -0.1) is 43.7 Å². The molecule has 11 aromatic rings. The average molecular weight is 903 g/mol. The Bertz CT molecular complexity index is 4320. The fraction of sp³-hybridized carbons (Fsp3) is 0. The van der Waals surface area contributed by atoms with Crippen LogP contribution in [-0.4, -0.2) is 169 Å². The molecule has 8 aromatic carbocycles. The normalized spacial score (nSPS) is 11.7. The maximum absolute atomic E-state index is 7.15. The molecule has 0 fully saturated rings. The van der Waals surface area contributed by atoms with Crippen LogP contribution in [0, 0.1) is 0 Å². The molecule has 0 bridgehead atoms. The lowest BCUT2D eigenvalue weighted by atomic mass is 9.61. The summed E-state index contributed by atoms with van der Waals surface area (Å²) in [5, 5.41) is 0.727. The van der Waals surface area contributed by atoms with Gasteiger partial charge in [0, 0.05) is 55.0 Å². The number of aromatic nitrogens is 4. The van der Waals surface area contributed by atoms with E-state index in [1.807, 2.05) is 72.8 Å². The molecule has 0 saturated heterocycles. The van der Waals surface area contributed by atoms with Crippen LogP contribution in [0.25, 0.3) is 106 Å². The van der Waals surface area contributed by atoms with Gasteiger partial charge in [0.05, 0.1) is 0 Å². The smallest absolute Gasteiger partial charge is 0.164 e. The van der Waals surface area contributed by atoms with E-state index in [-0.39, 0.29) is 182 Å². The Labute approximate surface area is 458 Å². The molecule has 3 aromatic heterocycles. The summed E-state index contributed by atoms with van der Waals surface area (Å²) < 4.78 is 7.66. The van der Waals surface area contributed by atoms with Gasteiger partial charge in [0.25, 0.3) is 0 Å².